The average Bonchev–Trinajstić information content (AvgIpc) is 2.46. The Labute approximate surface area is 133 Å². The van der Waals surface area contributed by atoms with Crippen molar-refractivity contribution in [1.29, 1.82) is 0 Å². The van der Waals surface area contributed by atoms with E-state index >= 15 is 0 Å². The van der Waals surface area contributed by atoms with E-state index in [0.29, 0.717) is 10.0 Å². The highest BCUT2D eigenvalue weighted by Crippen LogP contribution is 2.31. The molecule has 0 bridgehead atoms. The Bertz CT molecular complexity index is 396. The number of hydrogen-bond acceptors (Lipinski definition) is 2. The third-order valence-electron chi connectivity index (χ3n) is 3.71. The van der Waals surface area contributed by atoms with Gasteiger partial charge in [0.2, 0.25) is 0 Å². The maximum absolute atomic E-state index is 6.31. The first-order chi connectivity index (χ1) is 9.63. The quantitative estimate of drug-likeness (QED) is 0.706. The standard InChI is InChI=1S/C16H26Cl2N2/c1-4-6-11-20(5-2)12-10-15(19-3)13-8-7-9-14(17)16(13)18/h7-9,15,19H,4-6,10-12H2,1-3H3. The Morgan fingerprint density at radius 3 is 2.55 bits per heavy atom. The van der Waals surface area contributed by atoms with Crippen LogP contribution in [0.2, 0.25) is 10.0 Å². The lowest BCUT2D eigenvalue weighted by Crippen LogP contribution is -2.29. The number of rotatable bonds is 9. The zero-order valence-electron chi connectivity index (χ0n) is 12.8. The van der Waals surface area contributed by atoms with Crippen molar-refractivity contribution < 1.29 is 0 Å². The van der Waals surface area contributed by atoms with Gasteiger partial charge < -0.3 is 10.2 Å². The first-order valence-electron chi connectivity index (χ1n) is 7.47. The van der Waals surface area contributed by atoms with Gasteiger partial charge in [0.1, 0.15) is 0 Å². The van der Waals surface area contributed by atoms with Gasteiger partial charge in [-0.05, 0) is 51.2 Å². The van der Waals surface area contributed by atoms with E-state index in [2.05, 4.69) is 30.1 Å². The van der Waals surface area contributed by atoms with Crippen LogP contribution in [0, 0.1) is 0 Å². The highest BCUT2D eigenvalue weighted by molar-refractivity contribution is 6.42. The molecule has 0 aliphatic rings. The summed E-state index contributed by atoms with van der Waals surface area (Å²) in [7, 11) is 1.98. The van der Waals surface area contributed by atoms with Gasteiger partial charge in [-0.15, -0.1) is 0 Å². The lowest BCUT2D eigenvalue weighted by Gasteiger charge is -2.24. The van der Waals surface area contributed by atoms with E-state index in [1.807, 2.05) is 19.2 Å². The molecule has 1 N–H and O–H groups in total. The molecule has 1 atom stereocenters. The molecule has 0 saturated heterocycles. The molecule has 0 spiro atoms. The molecule has 0 aliphatic carbocycles. The molecular formula is C16H26Cl2N2. The highest BCUT2D eigenvalue weighted by Gasteiger charge is 2.15. The fourth-order valence-corrected chi connectivity index (χ4v) is 2.81. The van der Waals surface area contributed by atoms with Crippen LogP contribution in [0.15, 0.2) is 18.2 Å². The minimum absolute atomic E-state index is 0.247. The Morgan fingerprint density at radius 1 is 1.20 bits per heavy atom. The molecule has 2 nitrogen and oxygen atoms in total. The zero-order valence-corrected chi connectivity index (χ0v) is 14.3. The fraction of sp³-hybridized carbons (Fsp3) is 0.625. The number of nitrogens with one attached hydrogen (secondary N) is 1. The summed E-state index contributed by atoms with van der Waals surface area (Å²) in [6.07, 6.45) is 3.54. The molecule has 0 saturated carbocycles. The Morgan fingerprint density at radius 2 is 1.95 bits per heavy atom. The maximum atomic E-state index is 6.31. The molecule has 1 aromatic rings. The summed E-state index contributed by atoms with van der Waals surface area (Å²) in [6.45, 7) is 7.80. The number of benzene rings is 1. The molecule has 1 rings (SSSR count). The number of unbranched alkanes of at least 4 members (excludes halogenated alkanes) is 1. The molecule has 0 heterocycles. The molecule has 1 aromatic carbocycles. The highest BCUT2D eigenvalue weighted by atomic mass is 35.5. The fourth-order valence-electron chi connectivity index (χ4n) is 2.37. The van der Waals surface area contributed by atoms with Crippen LogP contribution >= 0.6 is 23.2 Å². The van der Waals surface area contributed by atoms with Gasteiger partial charge in [-0.2, -0.15) is 0 Å². The van der Waals surface area contributed by atoms with E-state index in [4.69, 9.17) is 23.2 Å². The van der Waals surface area contributed by atoms with Gasteiger partial charge >= 0.3 is 0 Å². The van der Waals surface area contributed by atoms with Crippen LogP contribution in [0.4, 0.5) is 0 Å². The van der Waals surface area contributed by atoms with E-state index in [9.17, 15) is 0 Å². The first kappa shape index (κ1) is 17.8. The second-order valence-electron chi connectivity index (χ2n) is 5.06. The summed E-state index contributed by atoms with van der Waals surface area (Å²) in [5, 5.41) is 4.65. The van der Waals surface area contributed by atoms with Gasteiger partial charge in [-0.1, -0.05) is 55.6 Å². The number of halogens is 2. The van der Waals surface area contributed by atoms with Crippen LogP contribution in [0.1, 0.15) is 44.7 Å². The van der Waals surface area contributed by atoms with Gasteiger partial charge in [-0.3, -0.25) is 0 Å². The van der Waals surface area contributed by atoms with Crippen LogP contribution in [-0.4, -0.2) is 31.6 Å². The van der Waals surface area contributed by atoms with E-state index in [1.165, 1.54) is 19.4 Å². The predicted octanol–water partition coefficient (Wildman–Crippen LogP) is 4.77. The van der Waals surface area contributed by atoms with Gasteiger partial charge in [-0.25, -0.2) is 0 Å². The smallest absolute Gasteiger partial charge is 0.0640 e. The van der Waals surface area contributed by atoms with E-state index in [1.54, 1.807) is 0 Å². The predicted molar refractivity (Wildman–Crippen MR) is 89.9 cm³/mol. The average molecular weight is 317 g/mol. The summed E-state index contributed by atoms with van der Waals surface area (Å²) in [5.74, 6) is 0. The van der Waals surface area contributed by atoms with Crippen LogP contribution in [0.3, 0.4) is 0 Å². The lowest BCUT2D eigenvalue weighted by atomic mass is 10.0. The Hall–Kier alpha value is -0.280. The second-order valence-corrected chi connectivity index (χ2v) is 5.85. The van der Waals surface area contributed by atoms with Crippen molar-refractivity contribution in [1.82, 2.24) is 10.2 Å². The molecule has 0 radical (unpaired) electrons. The van der Waals surface area contributed by atoms with Crippen molar-refractivity contribution >= 4 is 23.2 Å². The zero-order chi connectivity index (χ0) is 15.0. The minimum Gasteiger partial charge on any atom is -0.313 e. The molecule has 20 heavy (non-hydrogen) atoms. The molecule has 0 fully saturated rings. The van der Waals surface area contributed by atoms with Crippen molar-refractivity contribution in [3.8, 4) is 0 Å². The first-order valence-corrected chi connectivity index (χ1v) is 8.23. The van der Waals surface area contributed by atoms with Gasteiger partial charge in [0.15, 0.2) is 0 Å². The van der Waals surface area contributed by atoms with Crippen LogP contribution in [0.5, 0.6) is 0 Å². The van der Waals surface area contributed by atoms with Crippen molar-refractivity contribution in [3.05, 3.63) is 33.8 Å². The SMILES string of the molecule is CCCCN(CC)CCC(NC)c1cccc(Cl)c1Cl. The largest absolute Gasteiger partial charge is 0.313 e. The topological polar surface area (TPSA) is 15.3 Å². The maximum Gasteiger partial charge on any atom is 0.0640 e. The summed E-state index contributed by atoms with van der Waals surface area (Å²) in [5.41, 5.74) is 1.09. The van der Waals surface area contributed by atoms with E-state index < -0.39 is 0 Å². The monoisotopic (exact) mass is 316 g/mol. The van der Waals surface area contributed by atoms with Crippen molar-refractivity contribution in [2.75, 3.05) is 26.7 Å². The third kappa shape index (κ3) is 5.25. The molecule has 0 aromatic heterocycles. The second kappa shape index (κ2) is 9.62. The molecule has 0 amide bonds. The summed E-state index contributed by atoms with van der Waals surface area (Å²) in [4.78, 5) is 2.49. The van der Waals surface area contributed by atoms with Gasteiger partial charge in [0.25, 0.3) is 0 Å². The summed E-state index contributed by atoms with van der Waals surface area (Å²) < 4.78 is 0. The molecule has 0 aliphatic heterocycles. The van der Waals surface area contributed by atoms with Crippen LogP contribution in [-0.2, 0) is 0 Å². The van der Waals surface area contributed by atoms with Crippen LogP contribution < -0.4 is 5.32 Å². The Kier molecular flexibility index (Phi) is 8.55. The Balaban J connectivity index is 2.65. The van der Waals surface area contributed by atoms with E-state index in [0.717, 1.165) is 25.1 Å². The number of nitrogens with zero attached hydrogens (tertiary/aromatic N) is 1. The third-order valence-corrected chi connectivity index (χ3v) is 4.55. The molecule has 114 valence electrons. The van der Waals surface area contributed by atoms with Crippen molar-refractivity contribution in [3.63, 3.8) is 0 Å². The molecular weight excluding hydrogens is 291 g/mol. The minimum atomic E-state index is 0.247. The van der Waals surface area contributed by atoms with Crippen molar-refractivity contribution in [2.45, 2.75) is 39.2 Å². The lowest BCUT2D eigenvalue weighted by molar-refractivity contribution is 0.267. The summed E-state index contributed by atoms with van der Waals surface area (Å²) in [6, 6.07) is 6.09. The van der Waals surface area contributed by atoms with E-state index in [-0.39, 0.29) is 6.04 Å². The normalized spacial score (nSPS) is 12.9. The number of hydrogen-bond donors (Lipinski definition) is 1. The molecule has 4 heteroatoms. The van der Waals surface area contributed by atoms with Gasteiger partial charge in [0.05, 0.1) is 10.0 Å². The van der Waals surface area contributed by atoms with Crippen LogP contribution in [0.25, 0.3) is 0 Å². The van der Waals surface area contributed by atoms with Gasteiger partial charge in [0, 0.05) is 6.04 Å². The van der Waals surface area contributed by atoms with Crippen molar-refractivity contribution in [2.24, 2.45) is 0 Å². The molecule has 1 unspecified atom stereocenters. The summed E-state index contributed by atoms with van der Waals surface area (Å²) >= 11 is 12.4.